The number of carbonyl (C=O) groups excluding carboxylic acids is 1. The summed E-state index contributed by atoms with van der Waals surface area (Å²) < 4.78 is 55.0. The van der Waals surface area contributed by atoms with Gasteiger partial charge in [0.1, 0.15) is 11.4 Å². The highest BCUT2D eigenvalue weighted by molar-refractivity contribution is 6.31. The van der Waals surface area contributed by atoms with Crippen molar-refractivity contribution in [3.63, 3.8) is 0 Å². The number of amides is 1. The van der Waals surface area contributed by atoms with Crippen LogP contribution in [0.3, 0.4) is 0 Å². The summed E-state index contributed by atoms with van der Waals surface area (Å²) in [5, 5.41) is 2.12. The number of pyridine rings is 1. The van der Waals surface area contributed by atoms with Gasteiger partial charge >= 0.3 is 0 Å². The molecule has 2 aromatic carbocycles. The normalized spacial score (nSPS) is 10.8. The van der Waals surface area contributed by atoms with Crippen molar-refractivity contribution in [3.05, 3.63) is 98.4 Å². The molecule has 0 bridgehead atoms. The quantitative estimate of drug-likeness (QED) is 0.513. The molecule has 4 nitrogen and oxygen atoms in total. The number of aromatic nitrogens is 1. The van der Waals surface area contributed by atoms with Crippen LogP contribution >= 0.6 is 11.6 Å². The van der Waals surface area contributed by atoms with Crippen LogP contribution in [-0.4, -0.2) is 10.5 Å². The van der Waals surface area contributed by atoms with Crippen LogP contribution < -0.4 is 10.9 Å². The lowest BCUT2D eigenvalue weighted by Crippen LogP contribution is -2.29. The van der Waals surface area contributed by atoms with E-state index >= 15 is 0 Å². The molecule has 9 heteroatoms. The van der Waals surface area contributed by atoms with Gasteiger partial charge in [-0.05, 0) is 36.4 Å². The molecule has 0 radical (unpaired) electrons. The number of rotatable bonds is 4. The van der Waals surface area contributed by atoms with Crippen molar-refractivity contribution in [2.75, 3.05) is 5.32 Å². The molecule has 1 N–H and O–H groups in total. The van der Waals surface area contributed by atoms with E-state index in [0.717, 1.165) is 16.7 Å². The van der Waals surface area contributed by atoms with E-state index < -0.39 is 46.0 Å². The van der Waals surface area contributed by atoms with Crippen molar-refractivity contribution < 1.29 is 22.4 Å². The Kier molecular flexibility index (Phi) is 5.51. The summed E-state index contributed by atoms with van der Waals surface area (Å²) in [6.07, 6.45) is 1.32. The van der Waals surface area contributed by atoms with Gasteiger partial charge < -0.3 is 9.88 Å². The van der Waals surface area contributed by atoms with Gasteiger partial charge in [-0.2, -0.15) is 0 Å². The van der Waals surface area contributed by atoms with Gasteiger partial charge in [0.05, 0.1) is 12.2 Å². The maximum atomic E-state index is 13.9. The van der Waals surface area contributed by atoms with Crippen LogP contribution in [0, 0.1) is 23.3 Å². The molecule has 1 amide bonds. The molecule has 28 heavy (non-hydrogen) atoms. The highest BCUT2D eigenvalue weighted by Crippen LogP contribution is 2.21. The third-order valence-electron chi connectivity index (χ3n) is 3.94. The third-order valence-corrected chi connectivity index (χ3v) is 4.29. The van der Waals surface area contributed by atoms with Gasteiger partial charge in [0.15, 0.2) is 17.5 Å². The molecule has 0 unspecified atom stereocenters. The van der Waals surface area contributed by atoms with Crippen LogP contribution in [0.25, 0.3) is 0 Å². The first-order chi connectivity index (χ1) is 13.3. The number of nitrogens with one attached hydrogen (secondary N) is 1. The lowest BCUT2D eigenvalue weighted by molar-refractivity contribution is 0.102. The first kappa shape index (κ1) is 19.6. The molecule has 3 aromatic rings. The van der Waals surface area contributed by atoms with E-state index in [1.807, 2.05) is 5.32 Å². The predicted octanol–water partition coefficient (Wildman–Crippen LogP) is 4.36. The van der Waals surface area contributed by atoms with E-state index in [1.54, 1.807) is 0 Å². The van der Waals surface area contributed by atoms with Gasteiger partial charge in [-0.3, -0.25) is 9.59 Å². The number of carbonyl (C=O) groups is 1. The summed E-state index contributed by atoms with van der Waals surface area (Å²) >= 11 is 5.94. The Balaban J connectivity index is 1.92. The maximum Gasteiger partial charge on any atom is 0.263 e. The topological polar surface area (TPSA) is 51.1 Å². The van der Waals surface area contributed by atoms with Gasteiger partial charge in [-0.1, -0.05) is 17.7 Å². The first-order valence-corrected chi connectivity index (χ1v) is 8.24. The predicted molar refractivity (Wildman–Crippen MR) is 95.5 cm³/mol. The Morgan fingerprint density at radius 1 is 0.964 bits per heavy atom. The van der Waals surface area contributed by atoms with Crippen LogP contribution in [0.15, 0.2) is 53.5 Å². The molecule has 0 aliphatic rings. The van der Waals surface area contributed by atoms with E-state index in [2.05, 4.69) is 0 Å². The number of halogens is 5. The average molecular weight is 411 g/mol. The van der Waals surface area contributed by atoms with Crippen molar-refractivity contribution >= 4 is 23.2 Å². The second kappa shape index (κ2) is 7.85. The molecule has 1 aromatic heterocycles. The second-order valence-corrected chi connectivity index (χ2v) is 6.14. The fourth-order valence-electron chi connectivity index (χ4n) is 2.50. The van der Waals surface area contributed by atoms with Crippen LogP contribution in [0.1, 0.15) is 15.9 Å². The minimum Gasteiger partial charge on any atom is -0.319 e. The molecular weight excluding hydrogens is 400 g/mol. The summed E-state index contributed by atoms with van der Waals surface area (Å²) in [5.41, 5.74) is -1.78. The molecule has 0 spiro atoms. The van der Waals surface area contributed by atoms with Gasteiger partial charge in [0.2, 0.25) is 0 Å². The summed E-state index contributed by atoms with van der Waals surface area (Å²) in [6, 6.07) is 8.01. The van der Waals surface area contributed by atoms with Gasteiger partial charge in [0.25, 0.3) is 11.5 Å². The highest BCUT2D eigenvalue weighted by atomic mass is 35.5. The maximum absolute atomic E-state index is 13.9. The number of hydrogen-bond acceptors (Lipinski definition) is 2. The monoisotopic (exact) mass is 410 g/mol. The summed E-state index contributed by atoms with van der Waals surface area (Å²) in [7, 11) is 0. The third kappa shape index (κ3) is 3.77. The van der Waals surface area contributed by atoms with E-state index in [0.29, 0.717) is 6.07 Å². The van der Waals surface area contributed by atoms with Crippen molar-refractivity contribution in [1.29, 1.82) is 0 Å². The first-order valence-electron chi connectivity index (χ1n) is 7.86. The molecule has 0 aliphatic carbocycles. The largest absolute Gasteiger partial charge is 0.319 e. The lowest BCUT2D eigenvalue weighted by Gasteiger charge is -2.11. The second-order valence-electron chi connectivity index (χ2n) is 5.73. The minimum absolute atomic E-state index is 0.0514. The van der Waals surface area contributed by atoms with Gasteiger partial charge in [0, 0.05) is 16.8 Å². The molecule has 0 fully saturated rings. The zero-order valence-electron chi connectivity index (χ0n) is 14.0. The van der Waals surface area contributed by atoms with E-state index in [1.165, 1.54) is 30.5 Å². The van der Waals surface area contributed by atoms with E-state index in [9.17, 15) is 27.2 Å². The minimum atomic E-state index is -1.75. The number of hydrogen-bond donors (Lipinski definition) is 1. The van der Waals surface area contributed by atoms with Crippen molar-refractivity contribution in [1.82, 2.24) is 4.57 Å². The van der Waals surface area contributed by atoms with E-state index in [4.69, 9.17) is 11.6 Å². The standard InChI is InChI=1S/C19H11ClF4N2O2/c20-12-4-1-5-13(21)11(12)9-26-8-2-3-10(19(26)28)18(27)25-15-7-6-14(22)16(23)17(15)24/h1-8H,9H2,(H,25,27). The molecule has 1 heterocycles. The van der Waals surface area contributed by atoms with Crippen LogP contribution in [0.2, 0.25) is 5.02 Å². The fraction of sp³-hybridized carbons (Fsp3) is 0.0526. The summed E-state index contributed by atoms with van der Waals surface area (Å²) in [4.78, 5) is 24.9. The van der Waals surface area contributed by atoms with Crippen molar-refractivity contribution in [3.8, 4) is 0 Å². The Morgan fingerprint density at radius 2 is 1.71 bits per heavy atom. The zero-order valence-corrected chi connectivity index (χ0v) is 14.7. The zero-order chi connectivity index (χ0) is 20.4. The SMILES string of the molecule is O=C(Nc1ccc(F)c(F)c1F)c1cccn(Cc2c(F)cccc2Cl)c1=O. The molecule has 0 saturated carbocycles. The fourth-order valence-corrected chi connectivity index (χ4v) is 2.72. The number of benzene rings is 2. The average Bonchev–Trinajstić information content (AvgIpc) is 2.66. The van der Waals surface area contributed by atoms with E-state index in [-0.39, 0.29) is 17.1 Å². The lowest BCUT2D eigenvalue weighted by atomic mass is 10.2. The summed E-state index contributed by atoms with van der Waals surface area (Å²) in [5.74, 6) is -6.43. The van der Waals surface area contributed by atoms with Gasteiger partial charge in [-0.15, -0.1) is 0 Å². The number of anilines is 1. The number of nitrogens with zero attached hydrogens (tertiary/aromatic N) is 1. The van der Waals surface area contributed by atoms with Crippen LogP contribution in [0.4, 0.5) is 23.2 Å². The smallest absolute Gasteiger partial charge is 0.263 e. The molecular formula is C19H11ClF4N2O2. The van der Waals surface area contributed by atoms with Crippen LogP contribution in [0.5, 0.6) is 0 Å². The Hall–Kier alpha value is -3.13. The Labute approximate surface area is 161 Å². The molecule has 0 aliphatic heterocycles. The molecule has 0 atom stereocenters. The Morgan fingerprint density at radius 3 is 2.43 bits per heavy atom. The van der Waals surface area contributed by atoms with Gasteiger partial charge in [-0.25, -0.2) is 17.6 Å². The van der Waals surface area contributed by atoms with Crippen molar-refractivity contribution in [2.24, 2.45) is 0 Å². The van der Waals surface area contributed by atoms with Crippen LogP contribution in [-0.2, 0) is 6.54 Å². The highest BCUT2D eigenvalue weighted by Gasteiger charge is 2.19. The van der Waals surface area contributed by atoms with Crippen molar-refractivity contribution in [2.45, 2.75) is 6.54 Å². The molecule has 144 valence electrons. The summed E-state index contributed by atoms with van der Waals surface area (Å²) in [6.45, 7) is -0.245. The molecule has 3 rings (SSSR count). The Bertz CT molecular complexity index is 1110. The molecule has 0 saturated heterocycles.